The van der Waals surface area contributed by atoms with Gasteiger partial charge in [-0.1, -0.05) is 24.3 Å². The highest BCUT2D eigenvalue weighted by atomic mass is 19.1. The van der Waals surface area contributed by atoms with E-state index >= 15 is 0 Å². The topological polar surface area (TPSA) is 37.4 Å². The maximum atomic E-state index is 13.6. The third-order valence-corrected chi connectivity index (χ3v) is 3.62. The standard InChI is InChI=1S/C14H15BFNO2/c1-14(15,16)10-5-3-9(4-6-10)11-7-17(2)13(19)12(11)8-18/h3-6,8,11-12H,7H2,1-2H3/t11-,12?,14?/m1/s1. The lowest BCUT2D eigenvalue weighted by Crippen LogP contribution is -2.23. The Kier molecular flexibility index (Phi) is 3.48. The normalized spacial score (nSPS) is 26.3. The Hall–Kier alpha value is -1.65. The lowest BCUT2D eigenvalue weighted by Gasteiger charge is -2.18. The first kappa shape index (κ1) is 13.8. The van der Waals surface area contributed by atoms with Gasteiger partial charge in [-0.3, -0.25) is 9.18 Å². The van der Waals surface area contributed by atoms with Crippen LogP contribution in [0.2, 0.25) is 0 Å². The number of alkyl halides is 1. The van der Waals surface area contributed by atoms with Gasteiger partial charge >= 0.3 is 0 Å². The molecular weight excluding hydrogens is 244 g/mol. The van der Waals surface area contributed by atoms with E-state index in [0.29, 0.717) is 18.4 Å². The number of hydrogen-bond donors (Lipinski definition) is 0. The number of benzene rings is 1. The van der Waals surface area contributed by atoms with Crippen LogP contribution >= 0.6 is 0 Å². The molecule has 2 radical (unpaired) electrons. The van der Waals surface area contributed by atoms with E-state index < -0.39 is 11.5 Å². The lowest BCUT2D eigenvalue weighted by atomic mass is 9.78. The molecule has 1 amide bonds. The van der Waals surface area contributed by atoms with Crippen LogP contribution < -0.4 is 0 Å². The first-order valence-corrected chi connectivity index (χ1v) is 6.13. The fraction of sp³-hybridized carbons (Fsp3) is 0.429. The maximum absolute atomic E-state index is 13.6. The molecule has 2 rings (SSSR count). The van der Waals surface area contributed by atoms with Crippen molar-refractivity contribution in [3.05, 3.63) is 35.4 Å². The van der Waals surface area contributed by atoms with Crippen LogP contribution in [0.1, 0.15) is 24.0 Å². The van der Waals surface area contributed by atoms with Gasteiger partial charge in [-0.2, -0.15) is 0 Å². The molecule has 5 heteroatoms. The fourth-order valence-electron chi connectivity index (χ4n) is 2.45. The van der Waals surface area contributed by atoms with E-state index in [0.717, 1.165) is 5.56 Å². The maximum Gasteiger partial charge on any atom is 0.233 e. The second-order valence-electron chi connectivity index (χ2n) is 5.18. The van der Waals surface area contributed by atoms with Gasteiger partial charge in [0.25, 0.3) is 0 Å². The Morgan fingerprint density at radius 1 is 1.42 bits per heavy atom. The van der Waals surface area contributed by atoms with E-state index in [1.54, 1.807) is 36.2 Å². The van der Waals surface area contributed by atoms with E-state index in [-0.39, 0.29) is 11.8 Å². The first-order chi connectivity index (χ1) is 8.84. The van der Waals surface area contributed by atoms with Crippen molar-refractivity contribution >= 4 is 20.0 Å². The SMILES string of the molecule is [B]C(C)(F)c1ccc([C@H]2CN(C)C(=O)C2C=O)cc1. The minimum Gasteiger partial charge on any atom is -0.344 e. The molecule has 1 aliphatic heterocycles. The van der Waals surface area contributed by atoms with Crippen molar-refractivity contribution in [2.24, 2.45) is 5.92 Å². The summed E-state index contributed by atoms with van der Waals surface area (Å²) < 4.78 is 13.6. The Morgan fingerprint density at radius 3 is 2.47 bits per heavy atom. The van der Waals surface area contributed by atoms with E-state index in [2.05, 4.69) is 0 Å². The number of carbonyl (C=O) groups is 2. The molecule has 1 fully saturated rings. The van der Waals surface area contributed by atoms with Crippen molar-refractivity contribution in [1.82, 2.24) is 4.90 Å². The highest BCUT2D eigenvalue weighted by molar-refractivity contribution is 6.14. The van der Waals surface area contributed by atoms with Crippen molar-refractivity contribution in [3.8, 4) is 0 Å². The molecule has 0 spiro atoms. The molecule has 1 aromatic carbocycles. The van der Waals surface area contributed by atoms with Gasteiger partial charge in [0.1, 0.15) is 20.1 Å². The van der Waals surface area contributed by atoms with Crippen LogP contribution in [0.25, 0.3) is 0 Å². The monoisotopic (exact) mass is 259 g/mol. The molecule has 3 nitrogen and oxygen atoms in total. The number of likely N-dealkylation sites (N-methyl/N-ethyl adjacent to an activating group) is 1. The van der Waals surface area contributed by atoms with Crippen molar-refractivity contribution < 1.29 is 14.0 Å². The van der Waals surface area contributed by atoms with Gasteiger partial charge in [-0.05, 0) is 18.1 Å². The summed E-state index contributed by atoms with van der Waals surface area (Å²) in [6.07, 6.45) is 0.687. The molecular formula is C14H15BFNO2. The summed E-state index contributed by atoms with van der Waals surface area (Å²) in [6, 6.07) is 6.65. The van der Waals surface area contributed by atoms with Crippen LogP contribution in [0, 0.1) is 5.92 Å². The summed E-state index contributed by atoms with van der Waals surface area (Å²) in [5, 5.41) is 0. The van der Waals surface area contributed by atoms with Crippen molar-refractivity contribution in [1.29, 1.82) is 0 Å². The predicted octanol–water partition coefficient (Wildman–Crippen LogP) is 1.37. The van der Waals surface area contributed by atoms with Gasteiger partial charge in [-0.25, -0.2) is 0 Å². The molecule has 0 saturated carbocycles. The number of rotatable bonds is 3. The molecule has 1 saturated heterocycles. The number of nitrogens with zero attached hydrogens (tertiary/aromatic N) is 1. The predicted molar refractivity (Wildman–Crippen MR) is 70.6 cm³/mol. The highest BCUT2D eigenvalue weighted by Gasteiger charge is 2.39. The summed E-state index contributed by atoms with van der Waals surface area (Å²) in [4.78, 5) is 24.3. The number of carbonyl (C=O) groups excluding carboxylic acids is 2. The second-order valence-corrected chi connectivity index (χ2v) is 5.18. The summed E-state index contributed by atoms with van der Waals surface area (Å²) in [5.74, 6) is -0.989. The lowest BCUT2D eigenvalue weighted by molar-refractivity contribution is -0.132. The largest absolute Gasteiger partial charge is 0.344 e. The average Bonchev–Trinajstić information content (AvgIpc) is 2.64. The molecule has 1 aliphatic rings. The summed E-state index contributed by atoms with van der Waals surface area (Å²) in [5.41, 5.74) is -0.662. The molecule has 98 valence electrons. The molecule has 1 heterocycles. The number of likely N-dealkylation sites (tertiary alicyclic amines) is 1. The van der Waals surface area contributed by atoms with Gasteiger partial charge < -0.3 is 9.69 Å². The van der Waals surface area contributed by atoms with Gasteiger partial charge in [0.15, 0.2) is 0 Å². The zero-order valence-electron chi connectivity index (χ0n) is 11.0. The van der Waals surface area contributed by atoms with Gasteiger partial charge in [0.05, 0.1) is 5.57 Å². The van der Waals surface area contributed by atoms with Gasteiger partial charge in [0, 0.05) is 19.5 Å². The van der Waals surface area contributed by atoms with Crippen molar-refractivity contribution in [2.45, 2.75) is 18.4 Å². The Balaban J connectivity index is 2.28. The minimum atomic E-state index is -1.88. The number of hydrogen-bond acceptors (Lipinski definition) is 2. The number of amides is 1. The summed E-state index contributed by atoms with van der Waals surface area (Å²) in [6.45, 7) is 1.78. The summed E-state index contributed by atoms with van der Waals surface area (Å²) >= 11 is 0. The summed E-state index contributed by atoms with van der Waals surface area (Å²) in [7, 11) is 7.05. The molecule has 0 bridgehead atoms. The Morgan fingerprint density at radius 2 is 2.00 bits per heavy atom. The Bertz CT molecular complexity index is 495. The molecule has 1 aromatic rings. The quantitative estimate of drug-likeness (QED) is 0.467. The molecule has 2 unspecified atom stereocenters. The van der Waals surface area contributed by atoms with E-state index in [1.165, 1.54) is 6.92 Å². The van der Waals surface area contributed by atoms with Crippen LogP contribution in [0.3, 0.4) is 0 Å². The third-order valence-electron chi connectivity index (χ3n) is 3.62. The smallest absolute Gasteiger partial charge is 0.233 e. The second kappa shape index (κ2) is 4.80. The van der Waals surface area contributed by atoms with E-state index in [4.69, 9.17) is 7.85 Å². The minimum absolute atomic E-state index is 0.168. The molecule has 0 aliphatic carbocycles. The van der Waals surface area contributed by atoms with Crippen LogP contribution in [0.5, 0.6) is 0 Å². The van der Waals surface area contributed by atoms with Gasteiger partial charge in [0.2, 0.25) is 5.91 Å². The number of halogens is 1. The molecule has 3 atom stereocenters. The number of aldehydes is 1. The fourth-order valence-corrected chi connectivity index (χ4v) is 2.45. The van der Waals surface area contributed by atoms with Crippen LogP contribution in [-0.4, -0.2) is 38.5 Å². The van der Waals surface area contributed by atoms with Crippen LogP contribution in [0.15, 0.2) is 24.3 Å². The average molecular weight is 259 g/mol. The zero-order chi connectivity index (χ0) is 14.2. The molecule has 0 aromatic heterocycles. The van der Waals surface area contributed by atoms with Crippen LogP contribution in [-0.2, 0) is 15.2 Å². The molecule has 19 heavy (non-hydrogen) atoms. The van der Waals surface area contributed by atoms with Gasteiger partial charge in [-0.15, -0.1) is 0 Å². The van der Waals surface area contributed by atoms with Crippen molar-refractivity contribution in [3.63, 3.8) is 0 Å². The zero-order valence-corrected chi connectivity index (χ0v) is 11.0. The Labute approximate surface area is 113 Å². The highest BCUT2D eigenvalue weighted by Crippen LogP contribution is 2.32. The third kappa shape index (κ3) is 2.55. The molecule has 0 N–H and O–H groups in total. The first-order valence-electron chi connectivity index (χ1n) is 6.13. The van der Waals surface area contributed by atoms with E-state index in [9.17, 15) is 14.0 Å². The van der Waals surface area contributed by atoms with Crippen molar-refractivity contribution in [2.75, 3.05) is 13.6 Å². The van der Waals surface area contributed by atoms with Crippen LogP contribution in [0.4, 0.5) is 4.39 Å². The van der Waals surface area contributed by atoms with E-state index in [1.807, 2.05) is 0 Å².